The molecule has 6 nitrogen and oxygen atoms in total. The summed E-state index contributed by atoms with van der Waals surface area (Å²) in [6.45, 7) is 3.26. The number of nitrogens with zero attached hydrogens (tertiary/aromatic N) is 1. The third-order valence-electron chi connectivity index (χ3n) is 5.25. The number of aliphatic hydroxyl groups excluding tert-OH is 2. The van der Waals surface area contributed by atoms with Crippen LogP contribution in [0.25, 0.3) is 0 Å². The van der Waals surface area contributed by atoms with Crippen LogP contribution < -0.4 is 0 Å². The van der Waals surface area contributed by atoms with Crippen molar-refractivity contribution in [2.45, 2.75) is 90.9 Å². The fraction of sp³-hybridized carbons (Fsp3) is 0.905. The summed E-state index contributed by atoms with van der Waals surface area (Å²) in [5, 5.41) is 27.7. The summed E-state index contributed by atoms with van der Waals surface area (Å²) in [5.74, 6) is -1.66. The Bertz CT molecular complexity index is 396. The van der Waals surface area contributed by atoms with Crippen molar-refractivity contribution in [1.29, 1.82) is 0 Å². The maximum Gasteiger partial charge on any atom is 0.318 e. The molecule has 1 amide bonds. The third-order valence-corrected chi connectivity index (χ3v) is 5.25. The first kappa shape index (κ1) is 25.9. The highest BCUT2D eigenvalue weighted by atomic mass is 16.4. The molecule has 6 heteroatoms. The number of unbranched alkanes of at least 4 members (excludes halogenated alkanes) is 10. The first-order valence-corrected chi connectivity index (χ1v) is 10.7. The number of carboxylic acid groups (broad SMARTS) is 1. The normalized spacial score (nSPS) is 13.3. The molecule has 0 aromatic heterocycles. The van der Waals surface area contributed by atoms with Gasteiger partial charge in [0, 0.05) is 13.1 Å². The highest BCUT2D eigenvalue weighted by molar-refractivity contribution is 6.01. The van der Waals surface area contributed by atoms with Crippen molar-refractivity contribution in [2.75, 3.05) is 26.3 Å². The van der Waals surface area contributed by atoms with Crippen LogP contribution in [0.3, 0.4) is 0 Å². The number of carbonyl (C=O) groups excluding carboxylic acids is 1. The van der Waals surface area contributed by atoms with E-state index < -0.39 is 17.3 Å². The fourth-order valence-corrected chi connectivity index (χ4v) is 3.35. The van der Waals surface area contributed by atoms with Crippen LogP contribution in [0.2, 0.25) is 0 Å². The standard InChI is InChI=1S/C21H41NO5/c1-3-4-5-6-7-8-9-10-11-12-13-14-21(2,20(26)27)19(25)22(15-17-23)16-18-24/h23-24H,3-18H2,1-2H3,(H,26,27). The molecule has 0 rings (SSSR count). The lowest BCUT2D eigenvalue weighted by atomic mass is 9.83. The van der Waals surface area contributed by atoms with Crippen LogP contribution in [0.5, 0.6) is 0 Å². The van der Waals surface area contributed by atoms with Crippen LogP contribution in [-0.2, 0) is 9.59 Å². The Hall–Kier alpha value is -1.14. The summed E-state index contributed by atoms with van der Waals surface area (Å²) in [4.78, 5) is 25.6. The van der Waals surface area contributed by atoms with E-state index >= 15 is 0 Å². The van der Waals surface area contributed by atoms with Crippen molar-refractivity contribution in [3.05, 3.63) is 0 Å². The zero-order valence-electron chi connectivity index (χ0n) is 17.4. The van der Waals surface area contributed by atoms with Gasteiger partial charge >= 0.3 is 5.97 Å². The number of rotatable bonds is 18. The number of carboxylic acids is 1. The van der Waals surface area contributed by atoms with Crippen LogP contribution in [0.15, 0.2) is 0 Å². The molecule has 3 N–H and O–H groups in total. The number of aliphatic carboxylic acids is 1. The smallest absolute Gasteiger partial charge is 0.318 e. The molecule has 0 spiro atoms. The van der Waals surface area contributed by atoms with Gasteiger partial charge in [-0.2, -0.15) is 0 Å². The topological polar surface area (TPSA) is 98.1 Å². The second-order valence-electron chi connectivity index (χ2n) is 7.66. The Labute approximate surface area is 165 Å². The first-order chi connectivity index (χ1) is 12.9. The minimum atomic E-state index is -1.50. The molecular formula is C21H41NO5. The lowest BCUT2D eigenvalue weighted by Crippen LogP contribution is -2.48. The summed E-state index contributed by atoms with van der Waals surface area (Å²) in [7, 11) is 0. The van der Waals surface area contributed by atoms with Crippen molar-refractivity contribution in [3.63, 3.8) is 0 Å². The molecule has 0 aromatic carbocycles. The highest BCUT2D eigenvalue weighted by Crippen LogP contribution is 2.28. The minimum absolute atomic E-state index is 0.0422. The zero-order valence-corrected chi connectivity index (χ0v) is 17.4. The van der Waals surface area contributed by atoms with Crippen molar-refractivity contribution >= 4 is 11.9 Å². The second kappa shape index (κ2) is 15.9. The largest absolute Gasteiger partial charge is 0.480 e. The quantitative estimate of drug-likeness (QED) is 0.247. The number of carbonyl (C=O) groups is 2. The molecule has 0 heterocycles. The minimum Gasteiger partial charge on any atom is -0.480 e. The molecular weight excluding hydrogens is 346 g/mol. The SMILES string of the molecule is CCCCCCCCCCCCCC(C)(C(=O)O)C(=O)N(CCO)CCO. The van der Waals surface area contributed by atoms with Crippen LogP contribution in [-0.4, -0.2) is 58.4 Å². The molecule has 0 aliphatic heterocycles. The molecule has 0 bridgehead atoms. The zero-order chi connectivity index (χ0) is 20.5. The molecule has 0 fully saturated rings. The summed E-state index contributed by atoms with van der Waals surface area (Å²) in [6.07, 6.45) is 13.2. The second-order valence-corrected chi connectivity index (χ2v) is 7.66. The summed E-state index contributed by atoms with van der Waals surface area (Å²) < 4.78 is 0. The Balaban J connectivity index is 4.17. The van der Waals surface area contributed by atoms with Crippen molar-refractivity contribution < 1.29 is 24.9 Å². The van der Waals surface area contributed by atoms with E-state index in [-0.39, 0.29) is 32.7 Å². The van der Waals surface area contributed by atoms with Crippen molar-refractivity contribution in [2.24, 2.45) is 5.41 Å². The monoisotopic (exact) mass is 387 g/mol. The molecule has 0 aromatic rings. The number of hydrogen-bond acceptors (Lipinski definition) is 4. The van der Waals surface area contributed by atoms with Gasteiger partial charge in [0.15, 0.2) is 0 Å². The molecule has 0 saturated heterocycles. The van der Waals surface area contributed by atoms with Crippen LogP contribution >= 0.6 is 0 Å². The number of amides is 1. The summed E-state index contributed by atoms with van der Waals surface area (Å²) >= 11 is 0. The maximum atomic E-state index is 12.6. The maximum absolute atomic E-state index is 12.6. The lowest BCUT2D eigenvalue weighted by molar-refractivity contribution is -0.160. The van der Waals surface area contributed by atoms with E-state index in [0.29, 0.717) is 6.42 Å². The molecule has 0 aliphatic rings. The van der Waals surface area contributed by atoms with Crippen LogP contribution in [0.1, 0.15) is 90.9 Å². The van der Waals surface area contributed by atoms with Crippen molar-refractivity contribution in [3.8, 4) is 0 Å². The van der Waals surface area contributed by atoms with Crippen LogP contribution in [0.4, 0.5) is 0 Å². The molecule has 0 aliphatic carbocycles. The molecule has 27 heavy (non-hydrogen) atoms. The van der Waals surface area contributed by atoms with Gasteiger partial charge in [-0.05, 0) is 13.3 Å². The van der Waals surface area contributed by atoms with E-state index in [2.05, 4.69) is 6.92 Å². The van der Waals surface area contributed by atoms with E-state index in [4.69, 9.17) is 10.2 Å². The molecule has 1 atom stereocenters. The first-order valence-electron chi connectivity index (χ1n) is 10.7. The fourth-order valence-electron chi connectivity index (χ4n) is 3.35. The van der Waals surface area contributed by atoms with Gasteiger partial charge in [0.2, 0.25) is 5.91 Å². The predicted octanol–water partition coefficient (Wildman–Crippen LogP) is 3.59. The van der Waals surface area contributed by atoms with E-state index in [1.807, 2.05) is 0 Å². The Morgan fingerprint density at radius 1 is 0.778 bits per heavy atom. The van der Waals surface area contributed by atoms with Gasteiger partial charge in [-0.1, -0.05) is 77.6 Å². The molecule has 1 unspecified atom stereocenters. The number of aliphatic hydroxyl groups is 2. The lowest BCUT2D eigenvalue weighted by Gasteiger charge is -2.31. The number of hydrogen-bond donors (Lipinski definition) is 3. The highest BCUT2D eigenvalue weighted by Gasteiger charge is 2.43. The van der Waals surface area contributed by atoms with Crippen molar-refractivity contribution in [1.82, 2.24) is 4.90 Å². The van der Waals surface area contributed by atoms with E-state index in [1.165, 1.54) is 56.8 Å². The van der Waals surface area contributed by atoms with Gasteiger partial charge in [0.1, 0.15) is 5.41 Å². The Morgan fingerprint density at radius 2 is 1.19 bits per heavy atom. The Morgan fingerprint density at radius 3 is 1.56 bits per heavy atom. The van der Waals surface area contributed by atoms with Gasteiger partial charge in [0.05, 0.1) is 13.2 Å². The average Bonchev–Trinajstić information content (AvgIpc) is 2.65. The van der Waals surface area contributed by atoms with E-state index in [0.717, 1.165) is 19.3 Å². The van der Waals surface area contributed by atoms with Gasteiger partial charge in [-0.3, -0.25) is 9.59 Å². The predicted molar refractivity (Wildman–Crippen MR) is 108 cm³/mol. The van der Waals surface area contributed by atoms with Gasteiger partial charge in [-0.15, -0.1) is 0 Å². The van der Waals surface area contributed by atoms with E-state index in [9.17, 15) is 14.7 Å². The molecule has 160 valence electrons. The summed E-state index contributed by atoms with van der Waals surface area (Å²) in [5.41, 5.74) is -1.50. The molecule has 0 radical (unpaired) electrons. The van der Waals surface area contributed by atoms with E-state index in [1.54, 1.807) is 0 Å². The summed E-state index contributed by atoms with van der Waals surface area (Å²) in [6, 6.07) is 0. The Kier molecular flexibility index (Phi) is 15.2. The molecule has 0 saturated carbocycles. The van der Waals surface area contributed by atoms with Gasteiger partial charge in [-0.25, -0.2) is 0 Å². The van der Waals surface area contributed by atoms with Gasteiger partial charge < -0.3 is 20.2 Å². The van der Waals surface area contributed by atoms with Gasteiger partial charge in [0.25, 0.3) is 0 Å². The average molecular weight is 388 g/mol. The van der Waals surface area contributed by atoms with Crippen LogP contribution in [0, 0.1) is 5.41 Å². The third kappa shape index (κ3) is 10.7.